The maximum absolute atomic E-state index is 10.4. The van der Waals surface area contributed by atoms with E-state index in [4.69, 9.17) is 22.6 Å². The first-order valence-corrected chi connectivity index (χ1v) is 7.12. The van der Waals surface area contributed by atoms with Gasteiger partial charge in [0.15, 0.2) is 0 Å². The molecule has 20 heavy (non-hydrogen) atoms. The average Bonchev–Trinajstić information content (AvgIpc) is 2.34. The summed E-state index contributed by atoms with van der Waals surface area (Å²) in [5.74, 6) is 0. The average molecular weight is 306 g/mol. The molecule has 1 aromatic carbocycles. The van der Waals surface area contributed by atoms with E-state index < -0.39 is 10.4 Å². The van der Waals surface area contributed by atoms with Crippen LogP contribution < -0.4 is 4.90 Å². The Kier molecular flexibility index (Phi) is 7.92. The molecule has 9 heteroatoms. The Labute approximate surface area is 117 Å². The zero-order chi connectivity index (χ0) is 15.8. The van der Waals surface area contributed by atoms with Crippen LogP contribution in [0.1, 0.15) is 12.5 Å². The summed E-state index contributed by atoms with van der Waals surface area (Å²) in [6, 6.07) is 5.47. The number of hydrogen-bond acceptors (Lipinski definition) is 6. The molecule has 8 nitrogen and oxygen atoms in total. The van der Waals surface area contributed by atoms with E-state index in [-0.39, 0.29) is 6.61 Å². The van der Waals surface area contributed by atoms with Crippen LogP contribution in [0.2, 0.25) is 0 Å². The molecular formula is C11H18N2O6S. The van der Waals surface area contributed by atoms with Crippen molar-refractivity contribution in [2.45, 2.75) is 13.8 Å². The predicted molar refractivity (Wildman–Crippen MR) is 75.8 cm³/mol. The van der Waals surface area contributed by atoms with Gasteiger partial charge in [-0.05, 0) is 42.8 Å². The Hall–Kier alpha value is -1.55. The number of aryl methyl sites for hydroxylation is 1. The summed E-state index contributed by atoms with van der Waals surface area (Å²) in [5.41, 5.74) is 2.34. The number of likely N-dealkylation sites (N-methyl/N-ethyl adjacent to an activating group) is 1. The summed E-state index contributed by atoms with van der Waals surface area (Å²) in [6.07, 6.45) is 0. The van der Waals surface area contributed by atoms with Gasteiger partial charge in [-0.2, -0.15) is 8.42 Å². The Balaban J connectivity index is 0.000000621. The van der Waals surface area contributed by atoms with Gasteiger partial charge in [-0.15, -0.1) is 4.91 Å². The Morgan fingerprint density at radius 2 is 1.85 bits per heavy atom. The van der Waals surface area contributed by atoms with Crippen LogP contribution >= 0.6 is 0 Å². The topological polar surface area (TPSA) is 128 Å². The number of benzene rings is 1. The smallest absolute Gasteiger partial charge is 0.394 e. The highest BCUT2D eigenvalue weighted by Gasteiger charge is 2.05. The minimum atomic E-state index is -4.67. The van der Waals surface area contributed by atoms with Crippen molar-refractivity contribution in [1.82, 2.24) is 0 Å². The third-order valence-electron chi connectivity index (χ3n) is 2.40. The number of rotatable bonds is 5. The molecule has 114 valence electrons. The fourth-order valence-electron chi connectivity index (χ4n) is 1.53. The molecule has 3 N–H and O–H groups in total. The largest absolute Gasteiger partial charge is 0.395 e. The van der Waals surface area contributed by atoms with Gasteiger partial charge in [-0.3, -0.25) is 9.11 Å². The third-order valence-corrected chi connectivity index (χ3v) is 2.40. The van der Waals surface area contributed by atoms with Crippen LogP contribution in [-0.4, -0.2) is 42.3 Å². The van der Waals surface area contributed by atoms with Crippen LogP contribution in [0.5, 0.6) is 0 Å². The molecule has 0 unspecified atom stereocenters. The van der Waals surface area contributed by atoms with Crippen LogP contribution in [0, 0.1) is 11.8 Å². The second kappa shape index (κ2) is 8.59. The standard InChI is InChI=1S/C11H16N2O2.H2O4S/c1-3-13(6-7-14)10-4-5-11(12-15)9(2)8-10;1-5(2,3)4/h4-5,8,14H,3,6-7H2,1-2H3;(H2,1,2,3,4). The number of aliphatic hydroxyl groups is 1. The maximum Gasteiger partial charge on any atom is 0.394 e. The van der Waals surface area contributed by atoms with E-state index in [1.54, 1.807) is 6.07 Å². The lowest BCUT2D eigenvalue weighted by molar-refractivity contribution is 0.302. The minimum Gasteiger partial charge on any atom is -0.395 e. The highest BCUT2D eigenvalue weighted by atomic mass is 32.3. The van der Waals surface area contributed by atoms with Crippen molar-refractivity contribution in [3.05, 3.63) is 28.7 Å². The van der Waals surface area contributed by atoms with E-state index in [1.165, 1.54) is 0 Å². The van der Waals surface area contributed by atoms with Crippen molar-refractivity contribution in [3.8, 4) is 0 Å². The van der Waals surface area contributed by atoms with Crippen molar-refractivity contribution >= 4 is 21.8 Å². The molecule has 0 aliphatic carbocycles. The molecule has 0 saturated carbocycles. The van der Waals surface area contributed by atoms with Gasteiger partial charge in [0.1, 0.15) is 5.69 Å². The van der Waals surface area contributed by atoms with Crippen molar-refractivity contribution in [1.29, 1.82) is 0 Å². The lowest BCUT2D eigenvalue weighted by atomic mass is 10.1. The minimum absolute atomic E-state index is 0.126. The Morgan fingerprint density at radius 1 is 1.30 bits per heavy atom. The van der Waals surface area contributed by atoms with Crippen molar-refractivity contribution in [2.24, 2.45) is 5.18 Å². The number of nitroso groups, excluding NO2 is 1. The quantitative estimate of drug-likeness (QED) is 0.556. The SMILES string of the molecule is CCN(CCO)c1ccc(N=O)c(C)c1.O=S(=O)(O)O. The predicted octanol–water partition coefficient (Wildman–Crippen LogP) is 1.56. The first-order chi connectivity index (χ1) is 9.22. The summed E-state index contributed by atoms with van der Waals surface area (Å²) >= 11 is 0. The molecule has 0 saturated heterocycles. The molecule has 0 heterocycles. The van der Waals surface area contributed by atoms with Crippen molar-refractivity contribution in [2.75, 3.05) is 24.6 Å². The van der Waals surface area contributed by atoms with Gasteiger partial charge in [0.2, 0.25) is 0 Å². The molecule has 0 atom stereocenters. The second-order valence-electron chi connectivity index (χ2n) is 3.81. The van der Waals surface area contributed by atoms with E-state index >= 15 is 0 Å². The lowest BCUT2D eigenvalue weighted by Crippen LogP contribution is -2.26. The number of hydrogen-bond donors (Lipinski definition) is 3. The van der Waals surface area contributed by atoms with Gasteiger partial charge in [-0.1, -0.05) is 0 Å². The molecular weight excluding hydrogens is 288 g/mol. The Bertz CT molecular complexity index is 524. The van der Waals surface area contributed by atoms with Gasteiger partial charge in [-0.25, -0.2) is 0 Å². The highest BCUT2D eigenvalue weighted by Crippen LogP contribution is 2.24. The molecule has 0 bridgehead atoms. The summed E-state index contributed by atoms with van der Waals surface area (Å²) in [4.78, 5) is 12.4. The van der Waals surface area contributed by atoms with E-state index in [9.17, 15) is 4.91 Å². The van der Waals surface area contributed by atoms with Gasteiger partial charge < -0.3 is 10.0 Å². The van der Waals surface area contributed by atoms with Crippen molar-refractivity contribution < 1.29 is 22.6 Å². The Morgan fingerprint density at radius 3 is 2.20 bits per heavy atom. The summed E-state index contributed by atoms with van der Waals surface area (Å²) in [6.45, 7) is 5.43. The van der Waals surface area contributed by atoms with Crippen molar-refractivity contribution in [3.63, 3.8) is 0 Å². The summed E-state index contributed by atoms with van der Waals surface area (Å²) in [5, 5.41) is 11.8. The zero-order valence-corrected chi connectivity index (χ0v) is 12.0. The first-order valence-electron chi connectivity index (χ1n) is 5.72. The van der Waals surface area contributed by atoms with E-state index in [0.29, 0.717) is 12.2 Å². The monoisotopic (exact) mass is 306 g/mol. The zero-order valence-electron chi connectivity index (χ0n) is 11.2. The van der Waals surface area contributed by atoms with E-state index in [0.717, 1.165) is 17.8 Å². The highest BCUT2D eigenvalue weighted by molar-refractivity contribution is 7.79. The van der Waals surface area contributed by atoms with Gasteiger partial charge in [0.25, 0.3) is 0 Å². The maximum atomic E-state index is 10.4. The second-order valence-corrected chi connectivity index (χ2v) is 4.71. The molecule has 0 spiro atoms. The van der Waals surface area contributed by atoms with E-state index in [1.807, 2.05) is 30.9 Å². The molecule has 1 rings (SSSR count). The third kappa shape index (κ3) is 7.79. The fourth-order valence-corrected chi connectivity index (χ4v) is 1.53. The van der Waals surface area contributed by atoms with Crippen LogP contribution in [0.4, 0.5) is 11.4 Å². The molecule has 0 amide bonds. The molecule has 0 aliphatic rings. The molecule has 0 aliphatic heterocycles. The van der Waals surface area contributed by atoms with Gasteiger partial charge in [0.05, 0.1) is 6.61 Å². The number of anilines is 1. The molecule has 0 aromatic heterocycles. The van der Waals surface area contributed by atoms with Crippen LogP contribution in [-0.2, 0) is 10.4 Å². The molecule has 1 aromatic rings. The van der Waals surface area contributed by atoms with Crippen LogP contribution in [0.25, 0.3) is 0 Å². The normalized spacial score (nSPS) is 10.4. The first kappa shape index (κ1) is 18.4. The summed E-state index contributed by atoms with van der Waals surface area (Å²) < 4.78 is 31.6. The molecule has 0 radical (unpaired) electrons. The molecule has 0 fully saturated rings. The fraction of sp³-hybridized carbons (Fsp3) is 0.455. The summed E-state index contributed by atoms with van der Waals surface area (Å²) in [7, 11) is -4.67. The van der Waals surface area contributed by atoms with Crippen LogP contribution in [0.15, 0.2) is 23.4 Å². The number of nitrogens with zero attached hydrogens (tertiary/aromatic N) is 2. The van der Waals surface area contributed by atoms with Gasteiger partial charge in [0, 0.05) is 18.8 Å². The van der Waals surface area contributed by atoms with Gasteiger partial charge >= 0.3 is 10.4 Å². The lowest BCUT2D eigenvalue weighted by Gasteiger charge is -2.22. The van der Waals surface area contributed by atoms with E-state index in [2.05, 4.69) is 5.18 Å². The number of aliphatic hydroxyl groups excluding tert-OH is 1. The van der Waals surface area contributed by atoms with Crippen LogP contribution in [0.3, 0.4) is 0 Å².